The van der Waals surface area contributed by atoms with Crippen molar-refractivity contribution in [3.63, 3.8) is 0 Å². The van der Waals surface area contributed by atoms with Crippen LogP contribution in [0.3, 0.4) is 0 Å². The van der Waals surface area contributed by atoms with Crippen molar-refractivity contribution < 1.29 is 9.00 Å². The lowest BCUT2D eigenvalue weighted by Crippen LogP contribution is -2.31. The summed E-state index contributed by atoms with van der Waals surface area (Å²) in [5.74, 6) is -0.116. The van der Waals surface area contributed by atoms with Crippen molar-refractivity contribution in [2.75, 3.05) is 6.54 Å². The molecule has 14 heavy (non-hydrogen) atoms. The second-order valence-electron chi connectivity index (χ2n) is 3.05. The highest BCUT2D eigenvalue weighted by molar-refractivity contribution is 8.08. The Morgan fingerprint density at radius 1 is 1.43 bits per heavy atom. The summed E-state index contributed by atoms with van der Waals surface area (Å²) < 4.78 is 11.0. The third kappa shape index (κ3) is 1.67. The molecule has 0 aromatic heterocycles. The molecule has 1 aliphatic heterocycles. The van der Waals surface area contributed by atoms with E-state index in [2.05, 4.69) is 5.32 Å². The summed E-state index contributed by atoms with van der Waals surface area (Å²) in [6, 6.07) is 5.09. The van der Waals surface area contributed by atoms with Crippen LogP contribution in [0.2, 0.25) is 0 Å². The SMILES string of the molecule is O=C1NCCc2ccc(S(=O)Cl)cc21. The minimum Gasteiger partial charge on any atom is -0.352 e. The molecule has 1 atom stereocenters. The summed E-state index contributed by atoms with van der Waals surface area (Å²) in [7, 11) is 3.88. The van der Waals surface area contributed by atoms with Gasteiger partial charge in [-0.05, 0) is 34.8 Å². The minimum absolute atomic E-state index is 0.116. The number of halogens is 1. The first kappa shape index (κ1) is 9.68. The van der Waals surface area contributed by atoms with Crippen molar-refractivity contribution in [1.29, 1.82) is 0 Å². The molecule has 0 fully saturated rings. The van der Waals surface area contributed by atoms with Gasteiger partial charge in [0.1, 0.15) is 10.0 Å². The molecule has 74 valence electrons. The third-order valence-electron chi connectivity index (χ3n) is 2.19. The Morgan fingerprint density at radius 2 is 2.21 bits per heavy atom. The first-order chi connectivity index (χ1) is 6.68. The fraction of sp³-hybridized carbons (Fsp3) is 0.222. The number of benzene rings is 1. The maximum atomic E-state index is 11.4. The summed E-state index contributed by atoms with van der Waals surface area (Å²) >= 11 is 0. The molecule has 0 spiro atoms. The maximum absolute atomic E-state index is 11.4. The number of carbonyl (C=O) groups excluding carboxylic acids is 1. The lowest BCUT2D eigenvalue weighted by molar-refractivity contribution is 0.0946. The minimum atomic E-state index is -1.55. The van der Waals surface area contributed by atoms with Crippen LogP contribution in [0.1, 0.15) is 15.9 Å². The van der Waals surface area contributed by atoms with E-state index >= 15 is 0 Å². The van der Waals surface area contributed by atoms with Gasteiger partial charge in [0.2, 0.25) is 0 Å². The third-order valence-corrected chi connectivity index (χ3v) is 3.35. The molecule has 3 nitrogen and oxygen atoms in total. The first-order valence-electron chi connectivity index (χ1n) is 4.17. The fourth-order valence-electron chi connectivity index (χ4n) is 1.49. The molecule has 1 aromatic rings. The van der Waals surface area contributed by atoms with E-state index in [4.69, 9.17) is 10.7 Å². The Balaban J connectivity index is 2.51. The predicted octanol–water partition coefficient (Wildman–Crippen LogP) is 1.23. The Kier molecular flexibility index (Phi) is 2.56. The summed E-state index contributed by atoms with van der Waals surface area (Å²) in [6.45, 7) is 0.662. The van der Waals surface area contributed by atoms with Gasteiger partial charge in [0.15, 0.2) is 0 Å². The second kappa shape index (κ2) is 3.71. The summed E-state index contributed by atoms with van der Waals surface area (Å²) in [4.78, 5) is 11.9. The number of hydrogen-bond donors (Lipinski definition) is 1. The quantitative estimate of drug-likeness (QED) is 0.737. The van der Waals surface area contributed by atoms with Crippen LogP contribution in [0, 0.1) is 0 Å². The predicted molar refractivity (Wildman–Crippen MR) is 54.7 cm³/mol. The summed E-state index contributed by atoms with van der Waals surface area (Å²) in [5, 5.41) is 2.72. The number of fused-ring (bicyclic) bond motifs is 1. The van der Waals surface area contributed by atoms with E-state index in [0.717, 1.165) is 12.0 Å². The van der Waals surface area contributed by atoms with E-state index in [9.17, 15) is 9.00 Å². The van der Waals surface area contributed by atoms with Crippen molar-refractivity contribution in [3.8, 4) is 0 Å². The van der Waals surface area contributed by atoms with Crippen LogP contribution in [-0.4, -0.2) is 16.7 Å². The molecular weight excluding hydrogens is 222 g/mol. The van der Waals surface area contributed by atoms with Crippen LogP contribution >= 0.6 is 10.7 Å². The smallest absolute Gasteiger partial charge is 0.251 e. The molecule has 1 aromatic carbocycles. The van der Waals surface area contributed by atoms with Gasteiger partial charge in [0.25, 0.3) is 5.91 Å². The zero-order chi connectivity index (χ0) is 10.1. The molecule has 1 aliphatic rings. The van der Waals surface area contributed by atoms with Gasteiger partial charge in [-0.3, -0.25) is 4.79 Å². The molecule has 1 unspecified atom stereocenters. The Labute approximate surface area is 88.4 Å². The van der Waals surface area contributed by atoms with E-state index in [0.29, 0.717) is 17.0 Å². The zero-order valence-corrected chi connectivity index (χ0v) is 8.82. The topological polar surface area (TPSA) is 46.2 Å². The van der Waals surface area contributed by atoms with Crippen molar-refractivity contribution in [2.24, 2.45) is 0 Å². The van der Waals surface area contributed by atoms with Crippen LogP contribution < -0.4 is 5.32 Å². The van der Waals surface area contributed by atoms with E-state index in [1.54, 1.807) is 12.1 Å². The van der Waals surface area contributed by atoms with Crippen LogP contribution in [-0.2, 0) is 16.4 Å². The van der Waals surface area contributed by atoms with Gasteiger partial charge in [-0.15, -0.1) is 0 Å². The molecule has 0 bridgehead atoms. The van der Waals surface area contributed by atoms with Crippen molar-refractivity contribution in [1.82, 2.24) is 5.32 Å². The van der Waals surface area contributed by atoms with E-state index in [1.165, 1.54) is 0 Å². The van der Waals surface area contributed by atoms with E-state index < -0.39 is 10.0 Å². The lowest BCUT2D eigenvalue weighted by atomic mass is 10.0. The van der Waals surface area contributed by atoms with Gasteiger partial charge in [-0.25, -0.2) is 4.21 Å². The van der Waals surface area contributed by atoms with Gasteiger partial charge in [0.05, 0.1) is 4.90 Å². The Morgan fingerprint density at radius 3 is 2.93 bits per heavy atom. The standard InChI is InChI=1S/C9H8ClNO2S/c10-14(13)7-2-1-6-3-4-11-9(12)8(6)5-7/h1-2,5H,3-4H2,(H,11,12). The van der Waals surface area contributed by atoms with Gasteiger partial charge in [0, 0.05) is 12.1 Å². The second-order valence-corrected chi connectivity index (χ2v) is 4.81. The Hall–Kier alpha value is -0.870. The van der Waals surface area contributed by atoms with Crippen molar-refractivity contribution in [2.45, 2.75) is 11.3 Å². The molecule has 0 saturated carbocycles. The zero-order valence-electron chi connectivity index (χ0n) is 7.25. The highest BCUT2D eigenvalue weighted by Gasteiger charge is 2.17. The molecule has 0 saturated heterocycles. The number of amides is 1. The highest BCUT2D eigenvalue weighted by Crippen LogP contribution is 2.19. The molecule has 1 N–H and O–H groups in total. The molecule has 1 amide bonds. The van der Waals surface area contributed by atoms with Crippen molar-refractivity contribution in [3.05, 3.63) is 29.3 Å². The van der Waals surface area contributed by atoms with Crippen LogP contribution in [0.4, 0.5) is 0 Å². The molecule has 0 radical (unpaired) electrons. The highest BCUT2D eigenvalue weighted by atomic mass is 35.7. The first-order valence-corrected chi connectivity index (χ1v) is 6.15. The monoisotopic (exact) mass is 229 g/mol. The van der Waals surface area contributed by atoms with E-state index in [1.807, 2.05) is 6.07 Å². The summed E-state index contributed by atoms with van der Waals surface area (Å²) in [6.07, 6.45) is 0.816. The van der Waals surface area contributed by atoms with Crippen LogP contribution in [0.15, 0.2) is 23.1 Å². The summed E-state index contributed by atoms with van der Waals surface area (Å²) in [5.41, 5.74) is 1.57. The fourth-order valence-corrected chi connectivity index (χ4v) is 2.16. The molecule has 1 heterocycles. The van der Waals surface area contributed by atoms with E-state index in [-0.39, 0.29) is 5.91 Å². The molecule has 2 rings (SSSR count). The van der Waals surface area contributed by atoms with Crippen LogP contribution in [0.25, 0.3) is 0 Å². The Bertz CT molecular complexity index is 419. The van der Waals surface area contributed by atoms with Gasteiger partial charge >= 0.3 is 0 Å². The van der Waals surface area contributed by atoms with Gasteiger partial charge in [-0.1, -0.05) is 6.07 Å². The molecule has 0 aliphatic carbocycles. The van der Waals surface area contributed by atoms with Gasteiger partial charge < -0.3 is 5.32 Å². The number of rotatable bonds is 1. The number of nitrogens with one attached hydrogen (secondary N) is 1. The maximum Gasteiger partial charge on any atom is 0.251 e. The van der Waals surface area contributed by atoms with Gasteiger partial charge in [-0.2, -0.15) is 0 Å². The number of hydrogen-bond acceptors (Lipinski definition) is 2. The van der Waals surface area contributed by atoms with Crippen LogP contribution in [0.5, 0.6) is 0 Å². The van der Waals surface area contributed by atoms with Crippen molar-refractivity contribution >= 4 is 26.6 Å². The lowest BCUT2D eigenvalue weighted by Gasteiger charge is -2.16. The molecular formula is C9H8ClNO2S. The average Bonchev–Trinajstić information content (AvgIpc) is 2.18. The average molecular weight is 230 g/mol. The largest absolute Gasteiger partial charge is 0.352 e. The molecule has 5 heteroatoms. The normalized spacial score (nSPS) is 17.1. The number of carbonyl (C=O) groups is 1.